The maximum atomic E-state index is 13.6. The summed E-state index contributed by atoms with van der Waals surface area (Å²) < 4.78 is 28.2. The lowest BCUT2D eigenvalue weighted by Gasteiger charge is -2.07. The quantitative estimate of drug-likeness (QED) is 0.885. The average Bonchev–Trinajstić information content (AvgIpc) is 2.74. The molecule has 2 N–H and O–H groups in total. The van der Waals surface area contributed by atoms with Gasteiger partial charge >= 0.3 is 0 Å². The number of rotatable bonds is 4. The molecule has 3 nitrogen and oxygen atoms in total. The van der Waals surface area contributed by atoms with Crippen molar-refractivity contribution >= 4 is 0 Å². The molecule has 0 unspecified atom stereocenters. The first-order valence-electron chi connectivity index (χ1n) is 5.39. The van der Waals surface area contributed by atoms with Crippen LogP contribution in [0.4, 0.5) is 8.78 Å². The van der Waals surface area contributed by atoms with Crippen LogP contribution in [0.1, 0.15) is 6.42 Å². The van der Waals surface area contributed by atoms with Gasteiger partial charge in [0.05, 0.1) is 5.56 Å². The molecule has 0 fully saturated rings. The maximum Gasteiger partial charge on any atom is 0.142 e. The lowest BCUT2D eigenvalue weighted by molar-refractivity contribution is 0.582. The second-order valence-electron chi connectivity index (χ2n) is 3.71. The lowest BCUT2D eigenvalue weighted by atomic mass is 10.2. The van der Waals surface area contributed by atoms with Crippen LogP contribution in [0.2, 0.25) is 0 Å². The van der Waals surface area contributed by atoms with E-state index in [1.807, 2.05) is 4.57 Å². The predicted molar refractivity (Wildman–Crippen MR) is 61.3 cm³/mol. The number of hydrogen-bond acceptors (Lipinski definition) is 2. The van der Waals surface area contributed by atoms with Gasteiger partial charge in [0.1, 0.15) is 17.5 Å². The van der Waals surface area contributed by atoms with E-state index >= 15 is 0 Å². The Morgan fingerprint density at radius 3 is 2.82 bits per heavy atom. The van der Waals surface area contributed by atoms with Crippen molar-refractivity contribution < 1.29 is 8.78 Å². The highest BCUT2D eigenvalue weighted by molar-refractivity contribution is 5.56. The fraction of sp³-hybridized carbons (Fsp3) is 0.250. The molecule has 90 valence electrons. The Hall–Kier alpha value is -1.75. The van der Waals surface area contributed by atoms with Gasteiger partial charge in [0.2, 0.25) is 0 Å². The summed E-state index contributed by atoms with van der Waals surface area (Å²) in [5.74, 6) is -0.701. The molecule has 2 aromatic rings. The Morgan fingerprint density at radius 2 is 2.12 bits per heavy atom. The predicted octanol–water partition coefficient (Wildman–Crippen LogP) is 2.18. The first-order chi connectivity index (χ1) is 8.22. The SMILES string of the molecule is NCCCn1ccnc1-c1ccc(F)cc1F. The normalized spacial score (nSPS) is 10.8. The van der Waals surface area contributed by atoms with E-state index in [1.54, 1.807) is 12.4 Å². The van der Waals surface area contributed by atoms with Gasteiger partial charge in [-0.05, 0) is 25.1 Å². The summed E-state index contributed by atoms with van der Waals surface area (Å²) in [6, 6.07) is 3.48. The lowest BCUT2D eigenvalue weighted by Crippen LogP contribution is -2.06. The van der Waals surface area contributed by atoms with Crippen LogP contribution in [0.5, 0.6) is 0 Å². The Kier molecular flexibility index (Phi) is 3.49. The molecule has 0 radical (unpaired) electrons. The number of nitrogens with two attached hydrogens (primary N) is 1. The zero-order valence-corrected chi connectivity index (χ0v) is 9.24. The zero-order valence-electron chi connectivity index (χ0n) is 9.24. The molecule has 0 aliphatic carbocycles. The van der Waals surface area contributed by atoms with Crippen molar-refractivity contribution in [2.75, 3.05) is 6.54 Å². The minimum absolute atomic E-state index is 0.299. The second-order valence-corrected chi connectivity index (χ2v) is 3.71. The molecule has 0 atom stereocenters. The van der Waals surface area contributed by atoms with Crippen LogP contribution in [0, 0.1) is 11.6 Å². The third kappa shape index (κ3) is 2.50. The highest BCUT2D eigenvalue weighted by atomic mass is 19.1. The third-order valence-corrected chi connectivity index (χ3v) is 2.49. The Labute approximate surface area is 97.9 Å². The van der Waals surface area contributed by atoms with E-state index in [0.29, 0.717) is 24.5 Å². The first kappa shape index (κ1) is 11.7. The highest BCUT2D eigenvalue weighted by Crippen LogP contribution is 2.22. The van der Waals surface area contributed by atoms with Crippen LogP contribution in [0.25, 0.3) is 11.4 Å². The van der Waals surface area contributed by atoms with Crippen LogP contribution in [0.15, 0.2) is 30.6 Å². The minimum atomic E-state index is -0.606. The number of halogens is 2. The molecule has 2 rings (SSSR count). The molecule has 1 aromatic heterocycles. The van der Waals surface area contributed by atoms with Gasteiger partial charge in [-0.25, -0.2) is 13.8 Å². The van der Waals surface area contributed by atoms with Crippen molar-refractivity contribution in [3.8, 4) is 11.4 Å². The molecule has 1 heterocycles. The first-order valence-corrected chi connectivity index (χ1v) is 5.39. The van der Waals surface area contributed by atoms with Gasteiger partial charge in [-0.15, -0.1) is 0 Å². The highest BCUT2D eigenvalue weighted by Gasteiger charge is 2.11. The molecule has 0 aliphatic rings. The van der Waals surface area contributed by atoms with E-state index in [1.165, 1.54) is 12.1 Å². The summed E-state index contributed by atoms with van der Waals surface area (Å²) >= 11 is 0. The van der Waals surface area contributed by atoms with E-state index in [9.17, 15) is 8.78 Å². The monoisotopic (exact) mass is 237 g/mol. The van der Waals surface area contributed by atoms with Gasteiger partial charge in [0, 0.05) is 25.0 Å². The largest absolute Gasteiger partial charge is 0.331 e. The number of aryl methyl sites for hydroxylation is 1. The van der Waals surface area contributed by atoms with Crippen LogP contribution in [0.3, 0.4) is 0 Å². The zero-order chi connectivity index (χ0) is 12.3. The smallest absolute Gasteiger partial charge is 0.142 e. The van der Waals surface area contributed by atoms with Gasteiger partial charge in [-0.3, -0.25) is 0 Å². The maximum absolute atomic E-state index is 13.6. The van der Waals surface area contributed by atoms with E-state index in [4.69, 9.17) is 5.73 Å². The fourth-order valence-corrected chi connectivity index (χ4v) is 1.67. The minimum Gasteiger partial charge on any atom is -0.331 e. The molecular weight excluding hydrogens is 224 g/mol. The molecular formula is C12H13F2N3. The van der Waals surface area contributed by atoms with E-state index in [-0.39, 0.29) is 0 Å². The third-order valence-electron chi connectivity index (χ3n) is 2.49. The van der Waals surface area contributed by atoms with E-state index in [2.05, 4.69) is 4.98 Å². The van der Waals surface area contributed by atoms with Crippen molar-refractivity contribution in [2.45, 2.75) is 13.0 Å². The molecule has 0 bridgehead atoms. The molecule has 0 aliphatic heterocycles. The van der Waals surface area contributed by atoms with E-state index < -0.39 is 11.6 Å². The molecule has 0 saturated heterocycles. The summed E-state index contributed by atoms with van der Waals surface area (Å²) in [7, 11) is 0. The van der Waals surface area contributed by atoms with Crippen LogP contribution >= 0.6 is 0 Å². The number of benzene rings is 1. The summed E-state index contributed by atoms with van der Waals surface area (Å²) in [5.41, 5.74) is 5.73. The average molecular weight is 237 g/mol. The van der Waals surface area contributed by atoms with Crippen molar-refractivity contribution in [2.24, 2.45) is 5.73 Å². The van der Waals surface area contributed by atoms with Gasteiger partial charge in [0.25, 0.3) is 0 Å². The fourth-order valence-electron chi connectivity index (χ4n) is 1.67. The number of imidazole rings is 1. The second kappa shape index (κ2) is 5.05. The van der Waals surface area contributed by atoms with E-state index in [0.717, 1.165) is 12.5 Å². The molecule has 5 heteroatoms. The Bertz CT molecular complexity index is 508. The van der Waals surface area contributed by atoms with Crippen molar-refractivity contribution in [1.29, 1.82) is 0 Å². The Balaban J connectivity index is 2.35. The van der Waals surface area contributed by atoms with Crippen molar-refractivity contribution in [1.82, 2.24) is 9.55 Å². The van der Waals surface area contributed by atoms with Gasteiger partial charge < -0.3 is 10.3 Å². The van der Waals surface area contributed by atoms with Crippen LogP contribution in [-0.4, -0.2) is 16.1 Å². The molecule has 0 saturated carbocycles. The Morgan fingerprint density at radius 1 is 1.29 bits per heavy atom. The number of nitrogens with zero attached hydrogens (tertiary/aromatic N) is 2. The summed E-state index contributed by atoms with van der Waals surface area (Å²) in [6.07, 6.45) is 4.13. The molecule has 0 spiro atoms. The number of hydrogen-bond donors (Lipinski definition) is 1. The summed E-state index contributed by atoms with van der Waals surface area (Å²) in [6.45, 7) is 1.23. The molecule has 17 heavy (non-hydrogen) atoms. The van der Waals surface area contributed by atoms with Gasteiger partial charge in [0.15, 0.2) is 0 Å². The van der Waals surface area contributed by atoms with Crippen molar-refractivity contribution in [3.63, 3.8) is 0 Å². The summed E-state index contributed by atoms with van der Waals surface area (Å²) in [4.78, 5) is 4.09. The van der Waals surface area contributed by atoms with Gasteiger partial charge in [-0.1, -0.05) is 0 Å². The standard InChI is InChI=1S/C12H13F2N3/c13-9-2-3-10(11(14)8-9)12-16-5-7-17(12)6-1-4-15/h2-3,5,7-8H,1,4,6,15H2. The van der Waals surface area contributed by atoms with Crippen molar-refractivity contribution in [3.05, 3.63) is 42.2 Å². The molecule has 1 aromatic carbocycles. The van der Waals surface area contributed by atoms with Gasteiger partial charge in [-0.2, -0.15) is 0 Å². The van der Waals surface area contributed by atoms with Crippen LogP contribution in [-0.2, 0) is 6.54 Å². The summed E-state index contributed by atoms with van der Waals surface area (Å²) in [5, 5.41) is 0. The van der Waals surface area contributed by atoms with Crippen LogP contribution < -0.4 is 5.73 Å². The molecule has 0 amide bonds. The number of aromatic nitrogens is 2. The topological polar surface area (TPSA) is 43.8 Å².